The van der Waals surface area contributed by atoms with E-state index >= 15 is 0 Å². The van der Waals surface area contributed by atoms with Crippen molar-refractivity contribution in [3.8, 4) is 5.75 Å². The van der Waals surface area contributed by atoms with Crippen molar-refractivity contribution >= 4 is 30.0 Å². The maximum atomic E-state index is 13.6. The number of allylic oxidation sites excluding steroid dienone is 4. The Labute approximate surface area is 304 Å². The summed E-state index contributed by atoms with van der Waals surface area (Å²) in [6.45, 7) is 9.46. The molecular formula is C39H53NO12. The van der Waals surface area contributed by atoms with E-state index in [1.54, 1.807) is 18.2 Å². The maximum Gasteiger partial charge on any atom is 0.311 e. The third kappa shape index (κ3) is 10.4. The number of benzene rings is 1. The van der Waals surface area contributed by atoms with Crippen molar-refractivity contribution in [2.45, 2.75) is 105 Å². The van der Waals surface area contributed by atoms with Gasteiger partial charge in [-0.05, 0) is 86.0 Å². The molecule has 0 amide bonds. The lowest BCUT2D eigenvalue weighted by molar-refractivity contribution is -0.763. The highest BCUT2D eigenvalue weighted by Crippen LogP contribution is 2.66. The molecule has 4 rings (SSSR count). The molecule has 0 bridgehead atoms. The number of rotatable bonds is 15. The number of esters is 2. The quantitative estimate of drug-likeness (QED) is 0.0394. The van der Waals surface area contributed by atoms with E-state index in [4.69, 9.17) is 14.6 Å². The summed E-state index contributed by atoms with van der Waals surface area (Å²) >= 11 is 0. The van der Waals surface area contributed by atoms with E-state index < -0.39 is 46.5 Å². The van der Waals surface area contributed by atoms with Crippen LogP contribution in [0.3, 0.4) is 0 Å². The number of hydrogen-bond acceptors (Lipinski definition) is 11. The fourth-order valence-corrected chi connectivity index (χ4v) is 9.22. The first-order valence-electron chi connectivity index (χ1n) is 18.0. The number of fused-ring (bicyclic) bond motifs is 3. The van der Waals surface area contributed by atoms with Crippen LogP contribution in [0.15, 0.2) is 48.1 Å². The van der Waals surface area contributed by atoms with E-state index in [0.717, 1.165) is 44.0 Å². The van der Waals surface area contributed by atoms with Crippen LogP contribution >= 0.6 is 0 Å². The topological polar surface area (TPSA) is 197 Å². The summed E-state index contributed by atoms with van der Waals surface area (Å²) in [6, 6.07) is 6.06. The summed E-state index contributed by atoms with van der Waals surface area (Å²) in [7, 11) is 0. The average Bonchev–Trinajstić information content (AvgIpc) is 3.35. The van der Waals surface area contributed by atoms with Crippen molar-refractivity contribution < 1.29 is 53.6 Å². The van der Waals surface area contributed by atoms with E-state index in [1.165, 1.54) is 12.1 Å². The number of carbonyl (C=O) groups is 5. The second-order valence-electron chi connectivity index (χ2n) is 14.7. The van der Waals surface area contributed by atoms with Crippen LogP contribution in [-0.2, 0) is 40.2 Å². The average molecular weight is 728 g/mol. The van der Waals surface area contributed by atoms with E-state index in [0.29, 0.717) is 18.4 Å². The molecule has 13 heteroatoms. The van der Waals surface area contributed by atoms with Gasteiger partial charge in [0.2, 0.25) is 0 Å². The second kappa shape index (κ2) is 18.9. The van der Waals surface area contributed by atoms with Gasteiger partial charge in [-0.3, -0.25) is 24.0 Å². The Kier molecular flexibility index (Phi) is 15.3. The van der Waals surface area contributed by atoms with Crippen molar-refractivity contribution in [1.29, 1.82) is 0 Å². The summed E-state index contributed by atoms with van der Waals surface area (Å²) in [5, 5.41) is 29.2. The van der Waals surface area contributed by atoms with Gasteiger partial charge >= 0.3 is 17.9 Å². The minimum absolute atomic E-state index is 0.0403. The van der Waals surface area contributed by atoms with Crippen LogP contribution in [0.4, 0.5) is 0 Å². The smallest absolute Gasteiger partial charge is 0.311 e. The molecule has 0 aromatic heterocycles. The first-order valence-corrected chi connectivity index (χ1v) is 18.0. The summed E-state index contributed by atoms with van der Waals surface area (Å²) in [4.78, 5) is 74.3. The number of carboxylic acid groups (broad SMARTS) is 1. The molecule has 8 atom stereocenters. The van der Waals surface area contributed by atoms with Gasteiger partial charge in [-0.1, -0.05) is 64.0 Å². The van der Waals surface area contributed by atoms with Gasteiger partial charge < -0.3 is 24.5 Å². The van der Waals surface area contributed by atoms with E-state index in [2.05, 4.69) is 31.7 Å². The molecular weight excluding hydrogens is 674 g/mol. The van der Waals surface area contributed by atoms with Gasteiger partial charge in [0.25, 0.3) is 5.09 Å². The molecule has 8 unspecified atom stereocenters. The van der Waals surface area contributed by atoms with E-state index in [-0.39, 0.29) is 60.6 Å². The highest BCUT2D eigenvalue weighted by Gasteiger charge is 2.64. The Bertz CT molecular complexity index is 1520. The van der Waals surface area contributed by atoms with Crippen LogP contribution in [0, 0.1) is 50.5 Å². The van der Waals surface area contributed by atoms with Crippen molar-refractivity contribution in [2.75, 3.05) is 6.61 Å². The number of unbranched alkanes of at least 4 members (excludes halogenated alkanes) is 1. The number of nitrogens with zero attached hydrogens (tertiary/aromatic N) is 1. The molecule has 0 heterocycles. The largest absolute Gasteiger partial charge is 0.481 e. The lowest BCUT2D eigenvalue weighted by atomic mass is 9.47. The predicted octanol–water partition coefficient (Wildman–Crippen LogP) is 6.23. The number of Topliss-reactive ketones (excluding diaryl/α,β-unsaturated/α-hetero) is 1. The Morgan fingerprint density at radius 3 is 2.44 bits per heavy atom. The number of carboxylic acids is 1. The Morgan fingerprint density at radius 2 is 1.83 bits per heavy atom. The molecule has 3 aliphatic rings. The van der Waals surface area contributed by atoms with Gasteiger partial charge in [0.05, 0.1) is 18.9 Å². The normalized spacial score (nSPS) is 29.9. The summed E-state index contributed by atoms with van der Waals surface area (Å²) in [6.07, 6.45) is 10.3. The summed E-state index contributed by atoms with van der Waals surface area (Å²) < 4.78 is 10.5. The number of carbonyl (C=O) groups excluding carboxylic acids is 4. The number of aldehydes is 1. The first kappa shape index (κ1) is 42.0. The highest BCUT2D eigenvalue weighted by atomic mass is 16.9. The summed E-state index contributed by atoms with van der Waals surface area (Å²) in [5.74, 6) is -2.15. The lowest BCUT2D eigenvalue weighted by Gasteiger charge is -2.58. The number of ether oxygens (including phenoxy) is 2. The Hall–Kier alpha value is -4.39. The molecule has 3 saturated carbocycles. The number of hydrogen-bond donors (Lipinski definition) is 2. The van der Waals surface area contributed by atoms with Crippen LogP contribution in [0.2, 0.25) is 0 Å². The van der Waals surface area contributed by atoms with Crippen LogP contribution < -0.4 is 4.74 Å². The number of aliphatic hydroxyl groups excluding tert-OH is 1. The zero-order chi connectivity index (χ0) is 38.6. The molecule has 3 fully saturated rings. The molecule has 2 N–H and O–H groups in total. The third-order valence-corrected chi connectivity index (χ3v) is 11.2. The predicted molar refractivity (Wildman–Crippen MR) is 189 cm³/mol. The van der Waals surface area contributed by atoms with Gasteiger partial charge in [-0.15, -0.1) is 10.1 Å². The molecule has 13 nitrogen and oxygen atoms in total. The van der Waals surface area contributed by atoms with Crippen molar-refractivity contribution in [3.63, 3.8) is 0 Å². The molecule has 0 aliphatic heterocycles. The van der Waals surface area contributed by atoms with Gasteiger partial charge in [0.1, 0.15) is 25.2 Å². The minimum atomic E-state index is -0.920. The minimum Gasteiger partial charge on any atom is -0.481 e. The van der Waals surface area contributed by atoms with Gasteiger partial charge in [-0.2, -0.15) is 0 Å². The molecule has 0 spiro atoms. The van der Waals surface area contributed by atoms with Gasteiger partial charge in [-0.25, -0.2) is 0 Å². The Balaban J connectivity index is 0.000000944. The van der Waals surface area contributed by atoms with Gasteiger partial charge in [0, 0.05) is 23.7 Å². The van der Waals surface area contributed by atoms with Crippen LogP contribution in [-0.4, -0.2) is 58.0 Å². The maximum absolute atomic E-state index is 13.6. The number of ketones is 1. The Morgan fingerprint density at radius 1 is 1.12 bits per heavy atom. The summed E-state index contributed by atoms with van der Waals surface area (Å²) in [5.41, 5.74) is 0.554. The molecule has 1 aromatic rings. The molecule has 3 aliphatic carbocycles. The fourth-order valence-electron chi connectivity index (χ4n) is 9.22. The molecule has 52 heavy (non-hydrogen) atoms. The molecule has 0 radical (unpaired) electrons. The lowest BCUT2D eigenvalue weighted by Crippen LogP contribution is -2.56. The SMILES string of the molecule is C/C=C\C1(C)/C(=C\C=O)CCC2C1C(O)CC1(C)C2CC(C)C1C(=O)COC(=O)CCC(=O)Oc1cccc(CO[N+](=O)[O-])c1.CCCCC(=O)O. The van der Waals surface area contributed by atoms with Crippen LogP contribution in [0.5, 0.6) is 5.75 Å². The highest BCUT2D eigenvalue weighted by molar-refractivity contribution is 5.86. The zero-order valence-corrected chi connectivity index (χ0v) is 30.8. The van der Waals surface area contributed by atoms with Crippen LogP contribution in [0.1, 0.15) is 98.0 Å². The van der Waals surface area contributed by atoms with Crippen LogP contribution in [0.25, 0.3) is 0 Å². The number of aliphatic hydroxyl groups is 1. The second-order valence-corrected chi connectivity index (χ2v) is 14.7. The van der Waals surface area contributed by atoms with E-state index in [1.807, 2.05) is 19.9 Å². The molecule has 286 valence electrons. The number of aliphatic carboxylic acids is 1. The van der Waals surface area contributed by atoms with Gasteiger partial charge in [0.15, 0.2) is 5.78 Å². The standard InChI is InChI=1S/C34H43NO10.C5H10O2/c1-5-14-33(3)23(13-15-36)9-10-25-26-16-21(2)31(34(26,4)18-27(37)32(25)33)28(38)20-43-29(39)11-12-30(40)45-24-8-6-7-22(17-24)19-44-35(41)42;1-2-3-4-5(6)7/h5-8,13-15,17,21,25-27,31-32,37H,9-12,16,18-20H2,1-4H3;2-4H2,1H3,(H,6,7)/b14-5-,23-13-;. The first-order chi connectivity index (χ1) is 24.6. The molecule has 1 aromatic carbocycles. The zero-order valence-electron chi connectivity index (χ0n) is 30.8. The van der Waals surface area contributed by atoms with Crippen molar-refractivity contribution in [3.05, 3.63) is 63.7 Å². The van der Waals surface area contributed by atoms with Crippen molar-refractivity contribution in [1.82, 2.24) is 0 Å². The van der Waals surface area contributed by atoms with Crippen molar-refractivity contribution in [2.24, 2.45) is 40.4 Å². The van der Waals surface area contributed by atoms with E-state index in [9.17, 15) is 39.2 Å². The molecule has 0 saturated heterocycles. The monoisotopic (exact) mass is 727 g/mol. The fraction of sp³-hybridized carbons (Fsp3) is 0.615. The third-order valence-electron chi connectivity index (χ3n) is 11.2.